The molecule has 4 aliphatic rings. The largest absolute Gasteiger partial charge is 0.343 e. The van der Waals surface area contributed by atoms with E-state index >= 15 is 0 Å². The molecule has 1 unspecified atom stereocenters. The number of nitrogens with zero attached hydrogens (tertiary/aromatic N) is 1. The number of piperidine rings is 1. The van der Waals surface area contributed by atoms with E-state index in [1.807, 2.05) is 4.90 Å². The molecule has 3 fully saturated rings. The second-order valence-corrected chi connectivity index (χ2v) is 9.80. The van der Waals surface area contributed by atoms with Gasteiger partial charge in [0, 0.05) is 36.8 Å². The van der Waals surface area contributed by atoms with Crippen molar-refractivity contribution in [3.05, 3.63) is 41.5 Å². The van der Waals surface area contributed by atoms with E-state index in [1.165, 1.54) is 11.1 Å². The van der Waals surface area contributed by atoms with E-state index in [-0.39, 0.29) is 16.7 Å². The van der Waals surface area contributed by atoms with Crippen LogP contribution in [0.1, 0.15) is 63.5 Å². The topological polar surface area (TPSA) is 37.4 Å². The van der Waals surface area contributed by atoms with Crippen LogP contribution in [0, 0.1) is 16.7 Å². The van der Waals surface area contributed by atoms with Gasteiger partial charge in [0.1, 0.15) is 5.78 Å². The number of hydrogen-bond donors (Lipinski definition) is 0. The van der Waals surface area contributed by atoms with E-state index in [4.69, 9.17) is 0 Å². The van der Waals surface area contributed by atoms with Gasteiger partial charge in [-0.15, -0.1) is 0 Å². The molecule has 5 rings (SSSR count). The highest BCUT2D eigenvalue weighted by molar-refractivity contribution is 5.94. The summed E-state index contributed by atoms with van der Waals surface area (Å²) in [5, 5.41) is 0. The molecule has 1 spiro atoms. The predicted molar refractivity (Wildman–Crippen MR) is 106 cm³/mol. The number of Topliss-reactive ketones (excluding diaryl/α,β-unsaturated/α-hetero) is 1. The summed E-state index contributed by atoms with van der Waals surface area (Å²) < 4.78 is 0. The van der Waals surface area contributed by atoms with Gasteiger partial charge in [0.15, 0.2) is 0 Å². The monoisotopic (exact) mass is 363 g/mol. The molecule has 0 aromatic heterocycles. The zero-order valence-electron chi connectivity index (χ0n) is 16.5. The normalized spacial score (nSPS) is 32.3. The number of benzene rings is 1. The molecule has 1 saturated heterocycles. The number of fused-ring (bicyclic) bond motifs is 4. The van der Waals surface area contributed by atoms with Crippen molar-refractivity contribution >= 4 is 17.8 Å². The molecule has 0 radical (unpaired) electrons. The Morgan fingerprint density at radius 3 is 2.56 bits per heavy atom. The van der Waals surface area contributed by atoms with Gasteiger partial charge in [0.2, 0.25) is 5.91 Å². The summed E-state index contributed by atoms with van der Waals surface area (Å²) in [5.41, 5.74) is 2.42. The van der Waals surface area contributed by atoms with Crippen molar-refractivity contribution in [2.24, 2.45) is 16.7 Å². The van der Waals surface area contributed by atoms with Gasteiger partial charge in [-0.05, 0) is 48.1 Å². The van der Waals surface area contributed by atoms with E-state index in [2.05, 4.69) is 50.3 Å². The fraction of sp³-hybridized carbons (Fsp3) is 0.583. The van der Waals surface area contributed by atoms with Crippen LogP contribution in [0.3, 0.4) is 0 Å². The van der Waals surface area contributed by atoms with Crippen LogP contribution in [-0.4, -0.2) is 29.7 Å². The highest BCUT2D eigenvalue weighted by atomic mass is 16.2. The average Bonchev–Trinajstić information content (AvgIpc) is 3.19. The molecule has 2 atom stereocenters. The fourth-order valence-corrected chi connectivity index (χ4v) is 6.58. The van der Waals surface area contributed by atoms with E-state index in [9.17, 15) is 9.59 Å². The first-order chi connectivity index (χ1) is 12.9. The molecule has 3 heteroatoms. The molecule has 3 nitrogen and oxygen atoms in total. The van der Waals surface area contributed by atoms with Crippen molar-refractivity contribution in [2.45, 2.75) is 57.8 Å². The Hall–Kier alpha value is -1.90. The summed E-state index contributed by atoms with van der Waals surface area (Å²) in [6.07, 6.45) is 9.69. The van der Waals surface area contributed by atoms with E-state index in [0.29, 0.717) is 24.5 Å². The Kier molecular flexibility index (Phi) is 3.54. The molecule has 1 amide bonds. The van der Waals surface area contributed by atoms with Gasteiger partial charge in [-0.2, -0.15) is 0 Å². The summed E-state index contributed by atoms with van der Waals surface area (Å²) in [6.45, 7) is 6.03. The van der Waals surface area contributed by atoms with Gasteiger partial charge in [-0.25, -0.2) is 0 Å². The van der Waals surface area contributed by atoms with Gasteiger partial charge in [0.05, 0.1) is 0 Å². The first-order valence-electron chi connectivity index (χ1n) is 10.5. The molecular weight excluding hydrogens is 334 g/mol. The predicted octanol–water partition coefficient (Wildman–Crippen LogP) is 4.36. The van der Waals surface area contributed by atoms with Crippen molar-refractivity contribution in [1.29, 1.82) is 0 Å². The second-order valence-electron chi connectivity index (χ2n) is 9.80. The maximum Gasteiger partial charge on any atom is 0.223 e. The lowest BCUT2D eigenvalue weighted by atomic mass is 9.66. The lowest BCUT2D eigenvalue weighted by molar-refractivity contribution is -0.142. The number of carbonyl (C=O) groups is 2. The minimum absolute atomic E-state index is 0.0239. The highest BCUT2D eigenvalue weighted by Gasteiger charge is 2.64. The summed E-state index contributed by atoms with van der Waals surface area (Å²) in [6, 6.07) is 8.63. The van der Waals surface area contributed by atoms with Gasteiger partial charge < -0.3 is 4.90 Å². The Morgan fingerprint density at radius 1 is 1.15 bits per heavy atom. The first kappa shape index (κ1) is 17.2. The maximum atomic E-state index is 13.2. The number of hydrogen-bond acceptors (Lipinski definition) is 2. The van der Waals surface area contributed by atoms with Crippen LogP contribution in [0.2, 0.25) is 0 Å². The highest BCUT2D eigenvalue weighted by Crippen LogP contribution is 2.65. The molecule has 0 N–H and O–H groups in total. The Balaban J connectivity index is 1.31. The molecule has 1 aromatic carbocycles. The smallest absolute Gasteiger partial charge is 0.223 e. The lowest BCUT2D eigenvalue weighted by Crippen LogP contribution is -2.47. The van der Waals surface area contributed by atoms with E-state index < -0.39 is 5.41 Å². The third-order valence-electron chi connectivity index (χ3n) is 8.68. The zero-order valence-corrected chi connectivity index (χ0v) is 16.5. The minimum Gasteiger partial charge on any atom is -0.343 e. The fourth-order valence-electron chi connectivity index (χ4n) is 6.58. The molecule has 1 heterocycles. The lowest BCUT2D eigenvalue weighted by Gasteiger charge is -2.42. The van der Waals surface area contributed by atoms with Crippen molar-refractivity contribution in [2.75, 3.05) is 13.1 Å². The number of allylic oxidation sites excluding steroid dienone is 1. The molecular formula is C24H29NO2. The molecule has 1 aliphatic heterocycles. The number of likely N-dealkylation sites (tertiary alicyclic amines) is 1. The second kappa shape index (κ2) is 5.56. The average molecular weight is 364 g/mol. The molecule has 1 aromatic rings. The maximum absolute atomic E-state index is 13.2. The van der Waals surface area contributed by atoms with Crippen LogP contribution in [0.25, 0.3) is 6.08 Å². The van der Waals surface area contributed by atoms with Crippen LogP contribution in [0.4, 0.5) is 0 Å². The van der Waals surface area contributed by atoms with Crippen molar-refractivity contribution in [1.82, 2.24) is 4.90 Å². The van der Waals surface area contributed by atoms with Crippen LogP contribution >= 0.6 is 0 Å². The molecule has 2 bridgehead atoms. The standard InChI is InChI=1S/C24H29NO2/c1-22(2)18-8-10-24(22,20(26)15-18)16-21(27)25-13-11-23(12-14-25)9-7-17-5-3-4-6-19(17)23/h3-7,9,18H,8,10-16H2,1-2H3/t18?,24-/m1/s1. The number of amides is 1. The van der Waals surface area contributed by atoms with Crippen LogP contribution in [0.5, 0.6) is 0 Å². The number of carbonyl (C=O) groups excluding carboxylic acids is 2. The summed E-state index contributed by atoms with van der Waals surface area (Å²) in [4.78, 5) is 28.0. The zero-order chi connectivity index (χ0) is 18.9. The summed E-state index contributed by atoms with van der Waals surface area (Å²) in [5.74, 6) is 1.02. The van der Waals surface area contributed by atoms with E-state index in [1.54, 1.807) is 0 Å². The molecule has 2 saturated carbocycles. The quantitative estimate of drug-likeness (QED) is 0.783. The third kappa shape index (κ3) is 2.20. The molecule has 27 heavy (non-hydrogen) atoms. The van der Waals surface area contributed by atoms with Crippen LogP contribution < -0.4 is 0 Å². The Bertz CT molecular complexity index is 844. The van der Waals surface area contributed by atoms with Gasteiger partial charge in [-0.1, -0.05) is 50.3 Å². The Labute approximate surface area is 161 Å². The van der Waals surface area contributed by atoms with Gasteiger partial charge in [-0.3, -0.25) is 9.59 Å². The third-order valence-corrected chi connectivity index (χ3v) is 8.68. The summed E-state index contributed by atoms with van der Waals surface area (Å²) >= 11 is 0. The minimum atomic E-state index is -0.399. The van der Waals surface area contributed by atoms with Crippen LogP contribution in [-0.2, 0) is 15.0 Å². The van der Waals surface area contributed by atoms with Crippen LogP contribution in [0.15, 0.2) is 30.3 Å². The SMILES string of the molecule is CC1(C)C2CC[C@@]1(CC(=O)N1CCC3(C=Cc4ccccc43)CC1)C(=O)C2. The first-order valence-corrected chi connectivity index (χ1v) is 10.5. The molecule has 3 aliphatic carbocycles. The van der Waals surface area contributed by atoms with Crippen molar-refractivity contribution in [3.8, 4) is 0 Å². The van der Waals surface area contributed by atoms with Crippen molar-refractivity contribution < 1.29 is 9.59 Å². The van der Waals surface area contributed by atoms with Gasteiger partial charge >= 0.3 is 0 Å². The molecule has 142 valence electrons. The number of ketones is 1. The van der Waals surface area contributed by atoms with E-state index in [0.717, 1.165) is 38.8 Å². The van der Waals surface area contributed by atoms with Gasteiger partial charge in [0.25, 0.3) is 0 Å². The Morgan fingerprint density at radius 2 is 1.89 bits per heavy atom. The van der Waals surface area contributed by atoms with Crippen molar-refractivity contribution in [3.63, 3.8) is 0 Å². The summed E-state index contributed by atoms with van der Waals surface area (Å²) in [7, 11) is 0. The number of rotatable bonds is 2.